The van der Waals surface area contributed by atoms with Crippen molar-refractivity contribution < 1.29 is 9.52 Å². The molecule has 0 unspecified atom stereocenters. The fraction of sp³-hybridized carbons (Fsp3) is 0.316. The van der Waals surface area contributed by atoms with Crippen molar-refractivity contribution in [2.45, 2.75) is 25.1 Å². The van der Waals surface area contributed by atoms with E-state index in [0.29, 0.717) is 48.7 Å². The van der Waals surface area contributed by atoms with E-state index in [1.165, 1.54) is 0 Å². The summed E-state index contributed by atoms with van der Waals surface area (Å²) < 4.78 is 6.87. The number of piperidine rings is 1. The molecule has 25 heavy (non-hydrogen) atoms. The third-order valence-corrected chi connectivity index (χ3v) is 5.20. The topological polar surface area (TPSA) is 58.6 Å². The Balaban J connectivity index is 1.52. The van der Waals surface area contributed by atoms with Gasteiger partial charge in [-0.05, 0) is 36.6 Å². The maximum Gasteiger partial charge on any atom is 0.421 e. The van der Waals surface area contributed by atoms with Crippen molar-refractivity contribution >= 4 is 22.7 Å². The molecule has 1 saturated heterocycles. The van der Waals surface area contributed by atoms with Gasteiger partial charge >= 0.3 is 5.76 Å². The first-order valence-corrected chi connectivity index (χ1v) is 8.72. The first kappa shape index (κ1) is 16.4. The van der Waals surface area contributed by atoms with Gasteiger partial charge < -0.3 is 9.52 Å². The highest BCUT2D eigenvalue weighted by Crippen LogP contribution is 2.32. The molecule has 1 fully saturated rings. The number of halogens is 1. The largest absolute Gasteiger partial charge is 0.421 e. The predicted molar refractivity (Wildman–Crippen MR) is 96.6 cm³/mol. The van der Waals surface area contributed by atoms with Gasteiger partial charge in [-0.1, -0.05) is 41.9 Å². The molecule has 2 aromatic carbocycles. The molecule has 2 heterocycles. The van der Waals surface area contributed by atoms with Crippen LogP contribution in [0.15, 0.2) is 57.7 Å². The lowest BCUT2D eigenvalue weighted by molar-refractivity contribution is -0.0327. The molecule has 0 atom stereocenters. The molecule has 5 nitrogen and oxygen atoms in total. The molecule has 0 bridgehead atoms. The van der Waals surface area contributed by atoms with Gasteiger partial charge in [-0.2, -0.15) is 0 Å². The van der Waals surface area contributed by atoms with E-state index < -0.39 is 5.60 Å². The maximum absolute atomic E-state index is 12.1. The second kappa shape index (κ2) is 6.33. The fourth-order valence-electron chi connectivity index (χ4n) is 3.47. The highest BCUT2D eigenvalue weighted by molar-refractivity contribution is 6.31. The van der Waals surface area contributed by atoms with Crippen LogP contribution in [0.5, 0.6) is 0 Å². The minimum Gasteiger partial charge on any atom is -0.408 e. The van der Waals surface area contributed by atoms with E-state index in [2.05, 4.69) is 4.90 Å². The molecule has 130 valence electrons. The summed E-state index contributed by atoms with van der Waals surface area (Å²) in [7, 11) is 0. The quantitative estimate of drug-likeness (QED) is 0.781. The van der Waals surface area contributed by atoms with Gasteiger partial charge in [0.25, 0.3) is 0 Å². The van der Waals surface area contributed by atoms with Crippen LogP contribution in [0.2, 0.25) is 5.02 Å². The molecule has 3 aromatic rings. The van der Waals surface area contributed by atoms with Crippen molar-refractivity contribution in [3.8, 4) is 0 Å². The molecule has 6 heteroatoms. The Kier molecular flexibility index (Phi) is 4.15. The van der Waals surface area contributed by atoms with Crippen LogP contribution < -0.4 is 5.76 Å². The van der Waals surface area contributed by atoms with Crippen LogP contribution >= 0.6 is 11.6 Å². The van der Waals surface area contributed by atoms with Crippen molar-refractivity contribution in [3.63, 3.8) is 0 Å². The first-order valence-electron chi connectivity index (χ1n) is 8.34. The van der Waals surface area contributed by atoms with E-state index in [0.717, 1.165) is 5.56 Å². The lowest BCUT2D eigenvalue weighted by atomic mass is 9.84. The number of likely N-dealkylation sites (tertiary alicyclic amines) is 1. The van der Waals surface area contributed by atoms with E-state index in [4.69, 9.17) is 16.0 Å². The van der Waals surface area contributed by atoms with Gasteiger partial charge in [-0.3, -0.25) is 9.47 Å². The summed E-state index contributed by atoms with van der Waals surface area (Å²) in [6.07, 6.45) is 1.25. The monoisotopic (exact) mass is 358 g/mol. The van der Waals surface area contributed by atoms with Crippen LogP contribution in [0.4, 0.5) is 0 Å². The van der Waals surface area contributed by atoms with Gasteiger partial charge in [0, 0.05) is 18.1 Å². The fourth-order valence-corrected chi connectivity index (χ4v) is 3.64. The third kappa shape index (κ3) is 3.11. The van der Waals surface area contributed by atoms with Crippen molar-refractivity contribution in [3.05, 3.63) is 69.7 Å². The van der Waals surface area contributed by atoms with Crippen LogP contribution in [0.25, 0.3) is 11.1 Å². The molecule has 0 amide bonds. The third-order valence-electron chi connectivity index (χ3n) is 4.97. The molecule has 0 spiro atoms. The smallest absolute Gasteiger partial charge is 0.408 e. The highest BCUT2D eigenvalue weighted by atomic mass is 35.5. The Morgan fingerprint density at radius 1 is 1.12 bits per heavy atom. The van der Waals surface area contributed by atoms with Gasteiger partial charge in [-0.25, -0.2) is 4.79 Å². The van der Waals surface area contributed by atoms with Crippen LogP contribution in [-0.2, 0) is 12.3 Å². The molecule has 0 radical (unpaired) electrons. The minimum absolute atomic E-state index is 0.388. The lowest BCUT2D eigenvalue weighted by Crippen LogP contribution is -2.44. The summed E-state index contributed by atoms with van der Waals surface area (Å²) in [5, 5.41) is 11.5. The number of rotatable bonds is 3. The molecular formula is C19H19ClN2O3. The van der Waals surface area contributed by atoms with Gasteiger partial charge in [0.2, 0.25) is 0 Å². The number of aromatic nitrogens is 1. The Morgan fingerprint density at radius 3 is 2.56 bits per heavy atom. The summed E-state index contributed by atoms with van der Waals surface area (Å²) in [5.41, 5.74) is 1.38. The highest BCUT2D eigenvalue weighted by Gasteiger charge is 2.34. The van der Waals surface area contributed by atoms with Gasteiger partial charge in [0.05, 0.1) is 17.8 Å². The first-order chi connectivity index (χ1) is 12.0. The summed E-state index contributed by atoms with van der Waals surface area (Å²) >= 11 is 6.04. The Bertz CT molecular complexity index is 940. The average Bonchev–Trinajstić information content (AvgIpc) is 2.93. The number of hydrogen-bond acceptors (Lipinski definition) is 4. The van der Waals surface area contributed by atoms with Crippen molar-refractivity contribution in [1.82, 2.24) is 9.47 Å². The number of aliphatic hydroxyl groups is 1. The molecule has 0 saturated carbocycles. The number of oxazole rings is 1. The zero-order valence-electron chi connectivity index (χ0n) is 13.7. The summed E-state index contributed by atoms with van der Waals surface area (Å²) in [6.45, 7) is 1.83. The van der Waals surface area contributed by atoms with Crippen LogP contribution in [-0.4, -0.2) is 27.7 Å². The van der Waals surface area contributed by atoms with Crippen LogP contribution in [0.1, 0.15) is 18.4 Å². The van der Waals surface area contributed by atoms with E-state index in [1.807, 2.05) is 30.3 Å². The summed E-state index contributed by atoms with van der Waals surface area (Å²) in [6, 6.07) is 14.9. The molecule has 0 aliphatic carbocycles. The summed E-state index contributed by atoms with van der Waals surface area (Å²) in [5.74, 6) is -0.388. The predicted octanol–water partition coefficient (Wildman–Crippen LogP) is 3.19. The second-order valence-electron chi connectivity index (χ2n) is 6.57. The zero-order valence-corrected chi connectivity index (χ0v) is 14.4. The SMILES string of the molecule is O=c1oc2ccc(Cl)cc2n1CN1CCC(O)(c2ccccc2)CC1. The van der Waals surface area contributed by atoms with Crippen molar-refractivity contribution in [2.24, 2.45) is 0 Å². The maximum atomic E-state index is 12.1. The number of nitrogens with zero attached hydrogens (tertiary/aromatic N) is 2. The molecule has 1 aromatic heterocycles. The molecule has 1 aliphatic rings. The van der Waals surface area contributed by atoms with Crippen molar-refractivity contribution in [1.29, 1.82) is 0 Å². The Hall–Kier alpha value is -2.08. The standard InChI is InChI=1S/C19H19ClN2O3/c20-15-6-7-17-16(12-15)22(18(23)25-17)13-21-10-8-19(24,9-11-21)14-4-2-1-3-5-14/h1-7,12,24H,8-11,13H2. The van der Waals surface area contributed by atoms with Gasteiger partial charge in [-0.15, -0.1) is 0 Å². The van der Waals surface area contributed by atoms with E-state index in [-0.39, 0.29) is 5.76 Å². The number of benzene rings is 2. The zero-order chi connectivity index (χ0) is 17.4. The van der Waals surface area contributed by atoms with Gasteiger partial charge in [0.15, 0.2) is 5.58 Å². The second-order valence-corrected chi connectivity index (χ2v) is 7.00. The number of fused-ring (bicyclic) bond motifs is 1. The normalized spacial score (nSPS) is 17.8. The molecular weight excluding hydrogens is 340 g/mol. The Morgan fingerprint density at radius 2 is 1.84 bits per heavy atom. The number of hydrogen-bond donors (Lipinski definition) is 1. The minimum atomic E-state index is -0.801. The lowest BCUT2D eigenvalue weighted by Gasteiger charge is -2.38. The van der Waals surface area contributed by atoms with Crippen LogP contribution in [0, 0.1) is 0 Å². The average molecular weight is 359 g/mol. The van der Waals surface area contributed by atoms with Crippen molar-refractivity contribution in [2.75, 3.05) is 13.1 Å². The van der Waals surface area contributed by atoms with Gasteiger partial charge in [0.1, 0.15) is 0 Å². The molecule has 1 aliphatic heterocycles. The Labute approximate surface area is 150 Å². The molecule has 4 rings (SSSR count). The van der Waals surface area contributed by atoms with E-state index in [9.17, 15) is 9.90 Å². The van der Waals surface area contributed by atoms with E-state index in [1.54, 1.807) is 22.8 Å². The summed E-state index contributed by atoms with van der Waals surface area (Å²) in [4.78, 5) is 14.3. The van der Waals surface area contributed by atoms with E-state index >= 15 is 0 Å². The molecule has 1 N–H and O–H groups in total. The van der Waals surface area contributed by atoms with Crippen LogP contribution in [0.3, 0.4) is 0 Å².